The highest BCUT2D eigenvalue weighted by Crippen LogP contribution is 2.15. The Hall–Kier alpha value is -2.63. The highest BCUT2D eigenvalue weighted by molar-refractivity contribution is 5.79. The van der Waals surface area contributed by atoms with Gasteiger partial charge >= 0.3 is 0 Å². The highest BCUT2D eigenvalue weighted by atomic mass is 16.1. The van der Waals surface area contributed by atoms with Gasteiger partial charge in [0.2, 0.25) is 11.9 Å². The molecule has 25 heavy (non-hydrogen) atoms. The lowest BCUT2D eigenvalue weighted by Gasteiger charge is -2.33. The van der Waals surface area contributed by atoms with Gasteiger partial charge < -0.3 is 10.2 Å². The predicted molar refractivity (Wildman–Crippen MR) is 97.9 cm³/mol. The van der Waals surface area contributed by atoms with Crippen molar-refractivity contribution in [1.82, 2.24) is 15.3 Å². The third-order valence-electron chi connectivity index (χ3n) is 4.43. The van der Waals surface area contributed by atoms with Crippen molar-refractivity contribution >= 4 is 11.9 Å². The minimum Gasteiger partial charge on any atom is -0.351 e. The normalized spacial score (nSPS) is 17.4. The molecule has 2 aromatic rings. The van der Waals surface area contributed by atoms with Gasteiger partial charge in [-0.1, -0.05) is 29.8 Å². The molecule has 1 saturated heterocycles. The number of piperidine rings is 1. The Morgan fingerprint density at radius 2 is 2.08 bits per heavy atom. The van der Waals surface area contributed by atoms with E-state index >= 15 is 0 Å². The summed E-state index contributed by atoms with van der Waals surface area (Å²) in [6.45, 7) is 5.33. The standard InChI is InChI=1S/C19H24N4O2/c1-13-5-7-15(8-6-13)11-18(25)21-16-4-3-9-23(12-16)19-20-14(2)10-17(24)22-19/h5-8,10,16H,3-4,9,11-12H2,1-2H3,(H,21,25)(H,20,22,24). The number of aromatic nitrogens is 2. The van der Waals surface area contributed by atoms with Gasteiger partial charge in [-0.2, -0.15) is 0 Å². The van der Waals surface area contributed by atoms with Crippen LogP contribution in [0, 0.1) is 13.8 Å². The van der Waals surface area contributed by atoms with E-state index in [1.165, 1.54) is 11.6 Å². The average molecular weight is 340 g/mol. The molecule has 0 aliphatic carbocycles. The Morgan fingerprint density at radius 1 is 1.32 bits per heavy atom. The van der Waals surface area contributed by atoms with Crippen molar-refractivity contribution in [3.05, 3.63) is 57.5 Å². The molecular formula is C19H24N4O2. The molecule has 2 heterocycles. The lowest BCUT2D eigenvalue weighted by Crippen LogP contribution is -2.49. The van der Waals surface area contributed by atoms with Gasteiger partial charge in [0.25, 0.3) is 5.56 Å². The second kappa shape index (κ2) is 7.51. The quantitative estimate of drug-likeness (QED) is 0.888. The Morgan fingerprint density at radius 3 is 2.80 bits per heavy atom. The maximum atomic E-state index is 12.3. The van der Waals surface area contributed by atoms with Crippen LogP contribution < -0.4 is 15.8 Å². The lowest BCUT2D eigenvalue weighted by atomic mass is 10.0. The number of aryl methyl sites for hydroxylation is 2. The number of carbonyl (C=O) groups is 1. The van der Waals surface area contributed by atoms with Crippen LogP contribution in [0.2, 0.25) is 0 Å². The number of hydrogen-bond acceptors (Lipinski definition) is 4. The third kappa shape index (κ3) is 4.68. The van der Waals surface area contributed by atoms with Gasteiger partial charge in [0.1, 0.15) is 0 Å². The minimum atomic E-state index is -0.145. The smallest absolute Gasteiger partial charge is 0.252 e. The van der Waals surface area contributed by atoms with Gasteiger partial charge in [0.15, 0.2) is 0 Å². The van der Waals surface area contributed by atoms with Crippen molar-refractivity contribution in [2.75, 3.05) is 18.0 Å². The average Bonchev–Trinajstić information content (AvgIpc) is 2.56. The van der Waals surface area contributed by atoms with Gasteiger partial charge in [-0.25, -0.2) is 4.98 Å². The first-order valence-corrected chi connectivity index (χ1v) is 8.67. The predicted octanol–water partition coefficient (Wildman–Crippen LogP) is 1.71. The van der Waals surface area contributed by atoms with E-state index in [0.717, 1.165) is 24.9 Å². The molecule has 1 aliphatic rings. The zero-order valence-corrected chi connectivity index (χ0v) is 14.7. The van der Waals surface area contributed by atoms with Crippen LogP contribution in [0.1, 0.15) is 29.7 Å². The summed E-state index contributed by atoms with van der Waals surface area (Å²) in [5, 5.41) is 3.11. The molecule has 1 aromatic carbocycles. The van der Waals surface area contributed by atoms with E-state index in [4.69, 9.17) is 0 Å². The number of nitrogens with zero attached hydrogens (tertiary/aromatic N) is 2. The van der Waals surface area contributed by atoms with Gasteiger partial charge in [0, 0.05) is 30.9 Å². The topological polar surface area (TPSA) is 78.1 Å². The summed E-state index contributed by atoms with van der Waals surface area (Å²) in [5.41, 5.74) is 2.75. The van der Waals surface area contributed by atoms with Crippen LogP contribution in [-0.4, -0.2) is 35.0 Å². The van der Waals surface area contributed by atoms with Crippen molar-refractivity contribution in [2.45, 2.75) is 39.2 Å². The summed E-state index contributed by atoms with van der Waals surface area (Å²) in [6, 6.07) is 9.56. The first-order valence-electron chi connectivity index (χ1n) is 8.67. The van der Waals surface area contributed by atoms with Gasteiger partial charge in [0.05, 0.1) is 6.42 Å². The largest absolute Gasteiger partial charge is 0.351 e. The monoisotopic (exact) mass is 340 g/mol. The number of hydrogen-bond donors (Lipinski definition) is 2. The number of nitrogens with one attached hydrogen (secondary N) is 2. The number of benzene rings is 1. The molecule has 1 atom stereocenters. The van der Waals surface area contributed by atoms with Gasteiger partial charge in [-0.05, 0) is 32.3 Å². The van der Waals surface area contributed by atoms with Crippen LogP contribution >= 0.6 is 0 Å². The van der Waals surface area contributed by atoms with Gasteiger partial charge in [-0.15, -0.1) is 0 Å². The maximum Gasteiger partial charge on any atom is 0.252 e. The lowest BCUT2D eigenvalue weighted by molar-refractivity contribution is -0.121. The Balaban J connectivity index is 1.60. The molecule has 1 aromatic heterocycles. The fraction of sp³-hybridized carbons (Fsp3) is 0.421. The summed E-state index contributed by atoms with van der Waals surface area (Å²) in [7, 11) is 0. The summed E-state index contributed by atoms with van der Waals surface area (Å²) >= 11 is 0. The van der Waals surface area contributed by atoms with E-state index in [1.807, 2.05) is 43.0 Å². The van der Waals surface area contributed by atoms with Crippen LogP contribution in [0.4, 0.5) is 5.95 Å². The SMILES string of the molecule is Cc1ccc(CC(=O)NC2CCCN(c3nc(C)cc(=O)[nH]3)C2)cc1. The summed E-state index contributed by atoms with van der Waals surface area (Å²) < 4.78 is 0. The van der Waals surface area contributed by atoms with E-state index in [1.54, 1.807) is 0 Å². The molecule has 0 bridgehead atoms. The third-order valence-corrected chi connectivity index (χ3v) is 4.43. The van der Waals surface area contributed by atoms with Crippen molar-refractivity contribution in [3.63, 3.8) is 0 Å². The van der Waals surface area contributed by atoms with Crippen molar-refractivity contribution in [2.24, 2.45) is 0 Å². The molecule has 1 aliphatic heterocycles. The summed E-state index contributed by atoms with van der Waals surface area (Å²) in [5.74, 6) is 0.615. The van der Waals surface area contributed by atoms with E-state index in [0.29, 0.717) is 24.6 Å². The Labute approximate surface area is 147 Å². The highest BCUT2D eigenvalue weighted by Gasteiger charge is 2.23. The fourth-order valence-electron chi connectivity index (χ4n) is 3.17. The molecular weight excluding hydrogens is 316 g/mol. The molecule has 0 spiro atoms. The maximum absolute atomic E-state index is 12.3. The summed E-state index contributed by atoms with van der Waals surface area (Å²) in [4.78, 5) is 33.2. The van der Waals surface area contributed by atoms with Crippen LogP contribution in [0.25, 0.3) is 0 Å². The van der Waals surface area contributed by atoms with E-state index in [2.05, 4.69) is 15.3 Å². The van der Waals surface area contributed by atoms with Gasteiger partial charge in [-0.3, -0.25) is 14.6 Å². The molecule has 1 fully saturated rings. The number of rotatable bonds is 4. The molecule has 1 amide bonds. The van der Waals surface area contributed by atoms with Crippen molar-refractivity contribution in [3.8, 4) is 0 Å². The molecule has 1 unspecified atom stereocenters. The molecule has 132 valence electrons. The number of carbonyl (C=O) groups excluding carboxylic acids is 1. The van der Waals surface area contributed by atoms with Crippen LogP contribution in [0.15, 0.2) is 35.1 Å². The zero-order chi connectivity index (χ0) is 17.8. The molecule has 3 rings (SSSR count). The Kier molecular flexibility index (Phi) is 5.16. The Bertz CT molecular complexity index is 798. The van der Waals surface area contributed by atoms with E-state index < -0.39 is 0 Å². The first-order chi connectivity index (χ1) is 12.0. The molecule has 6 nitrogen and oxygen atoms in total. The van der Waals surface area contributed by atoms with Crippen molar-refractivity contribution < 1.29 is 4.79 Å². The summed E-state index contributed by atoms with van der Waals surface area (Å²) in [6.07, 6.45) is 2.27. The first kappa shape index (κ1) is 17.2. The second-order valence-electron chi connectivity index (χ2n) is 6.73. The molecule has 6 heteroatoms. The number of amides is 1. The second-order valence-corrected chi connectivity index (χ2v) is 6.73. The number of H-pyrrole nitrogens is 1. The molecule has 0 radical (unpaired) electrons. The number of anilines is 1. The van der Waals surface area contributed by atoms with E-state index in [9.17, 15) is 9.59 Å². The van der Waals surface area contributed by atoms with Crippen LogP contribution in [-0.2, 0) is 11.2 Å². The molecule has 2 N–H and O–H groups in total. The number of aromatic amines is 1. The van der Waals surface area contributed by atoms with E-state index in [-0.39, 0.29) is 17.5 Å². The van der Waals surface area contributed by atoms with Crippen LogP contribution in [0.3, 0.4) is 0 Å². The van der Waals surface area contributed by atoms with Crippen LogP contribution in [0.5, 0.6) is 0 Å². The minimum absolute atomic E-state index is 0.0291. The zero-order valence-electron chi connectivity index (χ0n) is 14.7. The fourth-order valence-corrected chi connectivity index (χ4v) is 3.17. The van der Waals surface area contributed by atoms with Crippen molar-refractivity contribution in [1.29, 1.82) is 0 Å². The molecule has 0 saturated carbocycles.